The fourth-order valence-electron chi connectivity index (χ4n) is 5.75. The van der Waals surface area contributed by atoms with Gasteiger partial charge in [-0.2, -0.15) is 0 Å². The Hall–Kier alpha value is -3.41. The van der Waals surface area contributed by atoms with Crippen LogP contribution in [0, 0.1) is 0 Å². The second kappa shape index (κ2) is 12.2. The van der Waals surface area contributed by atoms with E-state index in [0.29, 0.717) is 31.0 Å². The van der Waals surface area contributed by atoms with Crippen LogP contribution in [-0.4, -0.2) is 33.6 Å². The maximum Gasteiger partial charge on any atom is 0.338 e. The van der Waals surface area contributed by atoms with Crippen molar-refractivity contribution >= 4 is 24.7 Å². The van der Waals surface area contributed by atoms with E-state index in [0.717, 1.165) is 11.1 Å². The van der Waals surface area contributed by atoms with Crippen molar-refractivity contribution in [2.75, 3.05) is 13.2 Å². The molecule has 1 aliphatic heterocycles. The SMILES string of the molecule is C=C1[C@H](c2ccccc2)C(C(=O)OCC)=C(C)O[C@@H]1CCO[Si](c1ccccc1)(c1ccccc1)C(C)(C)C. The van der Waals surface area contributed by atoms with Gasteiger partial charge in [-0.25, -0.2) is 4.79 Å². The summed E-state index contributed by atoms with van der Waals surface area (Å²) in [6, 6.07) is 31.3. The third-order valence-corrected chi connectivity index (χ3v) is 12.6. The number of carbonyl (C=O) groups is 1. The van der Waals surface area contributed by atoms with Crippen LogP contribution in [0.3, 0.4) is 0 Å². The van der Waals surface area contributed by atoms with E-state index < -0.39 is 8.32 Å². The molecule has 0 N–H and O–H groups in total. The molecule has 3 aromatic rings. The third-order valence-electron chi connectivity index (χ3n) is 7.52. The van der Waals surface area contributed by atoms with Gasteiger partial charge in [-0.15, -0.1) is 0 Å². The first kappa shape index (κ1) is 28.6. The van der Waals surface area contributed by atoms with E-state index in [4.69, 9.17) is 13.9 Å². The molecule has 0 bridgehead atoms. The average molecular weight is 541 g/mol. The van der Waals surface area contributed by atoms with E-state index in [9.17, 15) is 4.79 Å². The second-order valence-corrected chi connectivity index (χ2v) is 15.3. The average Bonchev–Trinajstić information content (AvgIpc) is 2.93. The molecule has 4 rings (SSSR count). The van der Waals surface area contributed by atoms with E-state index in [1.807, 2.05) is 44.2 Å². The van der Waals surface area contributed by atoms with Gasteiger partial charge < -0.3 is 13.9 Å². The summed E-state index contributed by atoms with van der Waals surface area (Å²) in [4.78, 5) is 13.0. The first-order chi connectivity index (χ1) is 18.7. The van der Waals surface area contributed by atoms with Gasteiger partial charge in [0.2, 0.25) is 0 Å². The van der Waals surface area contributed by atoms with Crippen LogP contribution < -0.4 is 10.4 Å². The molecule has 0 fully saturated rings. The van der Waals surface area contributed by atoms with Crippen LogP contribution in [0.1, 0.15) is 52.5 Å². The van der Waals surface area contributed by atoms with Crippen molar-refractivity contribution in [2.24, 2.45) is 0 Å². The van der Waals surface area contributed by atoms with Crippen molar-refractivity contribution in [2.45, 2.75) is 58.1 Å². The highest BCUT2D eigenvalue weighted by atomic mass is 28.4. The third kappa shape index (κ3) is 5.80. The van der Waals surface area contributed by atoms with E-state index in [1.165, 1.54) is 10.4 Å². The van der Waals surface area contributed by atoms with Gasteiger partial charge >= 0.3 is 5.97 Å². The number of hydrogen-bond donors (Lipinski definition) is 0. The summed E-state index contributed by atoms with van der Waals surface area (Å²) in [5.41, 5.74) is 2.38. The van der Waals surface area contributed by atoms with E-state index in [1.54, 1.807) is 0 Å². The molecule has 0 aliphatic carbocycles. The Bertz CT molecular complexity index is 1250. The number of allylic oxidation sites excluding steroid dienone is 1. The summed E-state index contributed by atoms with van der Waals surface area (Å²) in [5.74, 6) is -0.0611. The van der Waals surface area contributed by atoms with Gasteiger partial charge in [0, 0.05) is 18.9 Å². The second-order valence-electron chi connectivity index (χ2n) is 11.0. The van der Waals surface area contributed by atoms with Crippen molar-refractivity contribution in [3.05, 3.63) is 120 Å². The molecule has 204 valence electrons. The zero-order valence-corrected chi connectivity index (χ0v) is 24.8. The Morgan fingerprint density at radius 2 is 1.41 bits per heavy atom. The monoisotopic (exact) mass is 540 g/mol. The first-order valence-electron chi connectivity index (χ1n) is 13.7. The standard InChI is InChI=1S/C34H40O4Si/c1-7-36-33(35)32-26(3)38-30(25(2)31(32)27-17-11-8-12-18-27)23-24-37-39(34(4,5)6,28-19-13-9-14-20-28)29-21-15-10-16-22-29/h8-22,30-31H,2,7,23-24H2,1,3-6H3/t30-,31-/m1/s1. The Morgan fingerprint density at radius 3 is 1.90 bits per heavy atom. The lowest BCUT2D eigenvalue weighted by Gasteiger charge is -2.43. The highest BCUT2D eigenvalue weighted by molar-refractivity contribution is 6.99. The lowest BCUT2D eigenvalue weighted by atomic mass is 9.80. The smallest absolute Gasteiger partial charge is 0.338 e. The number of hydrogen-bond acceptors (Lipinski definition) is 4. The van der Waals surface area contributed by atoms with Crippen LogP contribution in [0.4, 0.5) is 0 Å². The molecular formula is C34H40O4Si. The summed E-state index contributed by atoms with van der Waals surface area (Å²) in [5, 5.41) is 2.38. The highest BCUT2D eigenvalue weighted by Gasteiger charge is 2.50. The maximum atomic E-state index is 13.0. The van der Waals surface area contributed by atoms with Crippen molar-refractivity contribution in [1.82, 2.24) is 0 Å². The van der Waals surface area contributed by atoms with Crippen LogP contribution in [0.5, 0.6) is 0 Å². The Labute approximate surface area is 234 Å². The van der Waals surface area contributed by atoms with Crippen LogP contribution in [0.15, 0.2) is 114 Å². The number of carbonyl (C=O) groups excluding carboxylic acids is 1. The molecule has 0 radical (unpaired) electrons. The molecule has 0 saturated heterocycles. The quantitative estimate of drug-likeness (QED) is 0.176. The van der Waals surface area contributed by atoms with Gasteiger partial charge in [0.25, 0.3) is 8.32 Å². The Kier molecular flexibility index (Phi) is 8.93. The van der Waals surface area contributed by atoms with E-state index in [2.05, 4.69) is 88.0 Å². The summed E-state index contributed by atoms with van der Waals surface area (Å²) >= 11 is 0. The predicted octanol–water partition coefficient (Wildman–Crippen LogP) is 6.53. The molecule has 0 saturated carbocycles. The van der Waals surface area contributed by atoms with Crippen molar-refractivity contribution in [3.63, 3.8) is 0 Å². The van der Waals surface area contributed by atoms with Crippen LogP contribution >= 0.6 is 0 Å². The molecule has 5 heteroatoms. The van der Waals surface area contributed by atoms with Crippen molar-refractivity contribution in [1.29, 1.82) is 0 Å². The molecule has 2 atom stereocenters. The topological polar surface area (TPSA) is 44.8 Å². The molecule has 4 nitrogen and oxygen atoms in total. The molecule has 0 unspecified atom stereocenters. The summed E-state index contributed by atoms with van der Waals surface area (Å²) in [6.45, 7) is 15.8. The van der Waals surface area contributed by atoms with Gasteiger partial charge in [0.1, 0.15) is 11.9 Å². The van der Waals surface area contributed by atoms with E-state index in [-0.39, 0.29) is 23.0 Å². The molecule has 0 spiro atoms. The zero-order chi connectivity index (χ0) is 28.0. The molecule has 0 aromatic heterocycles. The molecular weight excluding hydrogens is 500 g/mol. The number of ether oxygens (including phenoxy) is 2. The first-order valence-corrected chi connectivity index (χ1v) is 15.6. The minimum atomic E-state index is -2.67. The van der Waals surface area contributed by atoms with Gasteiger partial charge in [0.15, 0.2) is 0 Å². The lowest BCUT2D eigenvalue weighted by molar-refractivity contribution is -0.139. The minimum Gasteiger partial charge on any atom is -0.490 e. The normalized spacial score (nSPS) is 18.0. The molecule has 1 aliphatic rings. The summed E-state index contributed by atoms with van der Waals surface area (Å²) in [6.07, 6.45) is 0.340. The molecule has 39 heavy (non-hydrogen) atoms. The van der Waals surface area contributed by atoms with Crippen molar-refractivity contribution < 1.29 is 18.7 Å². The van der Waals surface area contributed by atoms with E-state index >= 15 is 0 Å². The van der Waals surface area contributed by atoms with Gasteiger partial charge in [0.05, 0.1) is 12.2 Å². The number of esters is 1. The Balaban J connectivity index is 1.66. The summed E-state index contributed by atoms with van der Waals surface area (Å²) < 4.78 is 18.9. The fraction of sp³-hybridized carbons (Fsp3) is 0.324. The predicted molar refractivity (Wildman–Crippen MR) is 161 cm³/mol. The van der Waals surface area contributed by atoms with Crippen LogP contribution in [-0.2, 0) is 18.7 Å². The van der Waals surface area contributed by atoms with Crippen LogP contribution in [0.25, 0.3) is 0 Å². The lowest BCUT2D eigenvalue weighted by Crippen LogP contribution is -2.66. The number of benzene rings is 3. The van der Waals surface area contributed by atoms with Gasteiger partial charge in [-0.05, 0) is 40.4 Å². The van der Waals surface area contributed by atoms with Gasteiger partial charge in [-0.3, -0.25) is 0 Å². The molecule has 3 aromatic carbocycles. The Morgan fingerprint density at radius 1 is 0.897 bits per heavy atom. The highest BCUT2D eigenvalue weighted by Crippen LogP contribution is 2.42. The fourth-order valence-corrected chi connectivity index (χ4v) is 10.3. The number of rotatable bonds is 9. The minimum absolute atomic E-state index is 0.111. The zero-order valence-electron chi connectivity index (χ0n) is 23.8. The van der Waals surface area contributed by atoms with Crippen molar-refractivity contribution in [3.8, 4) is 0 Å². The maximum absolute atomic E-state index is 13.0. The van der Waals surface area contributed by atoms with Crippen LogP contribution in [0.2, 0.25) is 5.04 Å². The molecule has 0 amide bonds. The largest absolute Gasteiger partial charge is 0.490 e. The molecule has 1 heterocycles. The van der Waals surface area contributed by atoms with Gasteiger partial charge in [-0.1, -0.05) is 118 Å². The summed E-state index contributed by atoms with van der Waals surface area (Å²) in [7, 11) is -2.67.